The fourth-order valence-corrected chi connectivity index (χ4v) is 3.02. The predicted octanol–water partition coefficient (Wildman–Crippen LogP) is 3.78. The number of anilines is 1. The maximum atomic E-state index is 10.9. The fourth-order valence-electron chi connectivity index (χ4n) is 3.02. The highest BCUT2D eigenvalue weighted by molar-refractivity contribution is 5.78. The van der Waals surface area contributed by atoms with Gasteiger partial charge in [0.05, 0.1) is 11.3 Å². The van der Waals surface area contributed by atoms with E-state index < -0.39 is 0 Å². The summed E-state index contributed by atoms with van der Waals surface area (Å²) in [7, 11) is 0. The second-order valence-corrected chi connectivity index (χ2v) is 5.99. The molecule has 0 N–H and O–H groups in total. The van der Waals surface area contributed by atoms with E-state index in [0.717, 1.165) is 18.5 Å². The maximum absolute atomic E-state index is 10.9. The van der Waals surface area contributed by atoms with Crippen molar-refractivity contribution in [2.24, 2.45) is 5.92 Å². The predicted molar refractivity (Wildman–Crippen MR) is 81.0 cm³/mol. The van der Waals surface area contributed by atoms with Crippen molar-refractivity contribution in [1.29, 1.82) is 5.26 Å². The molecule has 0 unspecified atom stereocenters. The Morgan fingerprint density at radius 1 is 1.40 bits per heavy atom. The van der Waals surface area contributed by atoms with E-state index in [1.54, 1.807) is 6.07 Å². The molecule has 1 aliphatic rings. The highest BCUT2D eigenvalue weighted by atomic mass is 16.1. The molecule has 0 amide bonds. The van der Waals surface area contributed by atoms with Crippen molar-refractivity contribution in [3.63, 3.8) is 0 Å². The Hall–Kier alpha value is -1.82. The summed E-state index contributed by atoms with van der Waals surface area (Å²) in [6.07, 6.45) is 5.74. The monoisotopic (exact) mass is 270 g/mol. The number of hydrogen-bond acceptors (Lipinski definition) is 3. The zero-order valence-electron chi connectivity index (χ0n) is 12.3. The van der Waals surface area contributed by atoms with Gasteiger partial charge in [-0.05, 0) is 37.0 Å². The first-order valence-corrected chi connectivity index (χ1v) is 7.41. The third-order valence-corrected chi connectivity index (χ3v) is 3.91. The number of nitrogens with zero attached hydrogens (tertiary/aromatic N) is 2. The molecule has 20 heavy (non-hydrogen) atoms. The molecular weight excluding hydrogens is 248 g/mol. The van der Waals surface area contributed by atoms with E-state index in [1.165, 1.54) is 25.7 Å². The van der Waals surface area contributed by atoms with Crippen LogP contribution in [0.5, 0.6) is 0 Å². The molecule has 3 nitrogen and oxygen atoms in total. The summed E-state index contributed by atoms with van der Waals surface area (Å²) in [6, 6.07) is 8.22. The molecule has 0 spiro atoms. The van der Waals surface area contributed by atoms with E-state index in [9.17, 15) is 10.1 Å². The second kappa shape index (κ2) is 6.56. The molecule has 0 saturated heterocycles. The van der Waals surface area contributed by atoms with Crippen LogP contribution in [0.3, 0.4) is 0 Å². The highest BCUT2D eigenvalue weighted by Gasteiger charge is 2.25. The lowest BCUT2D eigenvalue weighted by Gasteiger charge is -2.33. The van der Waals surface area contributed by atoms with Gasteiger partial charge in [0.2, 0.25) is 0 Å². The molecule has 1 aliphatic carbocycles. The van der Waals surface area contributed by atoms with E-state index in [0.29, 0.717) is 23.1 Å². The van der Waals surface area contributed by atoms with Gasteiger partial charge in [-0.25, -0.2) is 0 Å². The molecule has 106 valence electrons. The quantitative estimate of drug-likeness (QED) is 0.765. The summed E-state index contributed by atoms with van der Waals surface area (Å²) in [6.45, 7) is 5.36. The van der Waals surface area contributed by atoms with E-state index in [2.05, 4.69) is 24.8 Å². The van der Waals surface area contributed by atoms with Gasteiger partial charge in [-0.15, -0.1) is 0 Å². The molecule has 1 aromatic carbocycles. The maximum Gasteiger partial charge on any atom is 0.150 e. The minimum absolute atomic E-state index is 0.534. The summed E-state index contributed by atoms with van der Waals surface area (Å²) >= 11 is 0. The van der Waals surface area contributed by atoms with Gasteiger partial charge >= 0.3 is 0 Å². The number of hydrogen-bond donors (Lipinski definition) is 0. The summed E-state index contributed by atoms with van der Waals surface area (Å²) in [4.78, 5) is 13.2. The third kappa shape index (κ3) is 3.19. The Morgan fingerprint density at radius 3 is 2.65 bits per heavy atom. The molecule has 3 heteroatoms. The van der Waals surface area contributed by atoms with Crippen molar-refractivity contribution in [2.45, 2.75) is 45.6 Å². The second-order valence-electron chi connectivity index (χ2n) is 5.99. The van der Waals surface area contributed by atoms with Gasteiger partial charge in [0.15, 0.2) is 0 Å². The minimum atomic E-state index is 0.534. The van der Waals surface area contributed by atoms with Crippen molar-refractivity contribution in [3.05, 3.63) is 29.3 Å². The van der Waals surface area contributed by atoms with Gasteiger partial charge in [0.25, 0.3) is 0 Å². The summed E-state index contributed by atoms with van der Waals surface area (Å²) in [5.41, 5.74) is 2.17. The van der Waals surface area contributed by atoms with E-state index >= 15 is 0 Å². The third-order valence-electron chi connectivity index (χ3n) is 3.91. The van der Waals surface area contributed by atoms with E-state index in [1.807, 2.05) is 12.1 Å². The van der Waals surface area contributed by atoms with Gasteiger partial charge in [0.1, 0.15) is 12.4 Å². The number of carbonyl (C=O) groups excluding carboxylic acids is 1. The van der Waals surface area contributed by atoms with Gasteiger partial charge in [-0.3, -0.25) is 4.79 Å². The van der Waals surface area contributed by atoms with Crippen LogP contribution in [0, 0.1) is 17.2 Å². The molecule has 0 aliphatic heterocycles. The van der Waals surface area contributed by atoms with Crippen LogP contribution in [-0.4, -0.2) is 18.9 Å². The van der Waals surface area contributed by atoms with Crippen molar-refractivity contribution >= 4 is 12.0 Å². The van der Waals surface area contributed by atoms with Gasteiger partial charge in [-0.2, -0.15) is 5.26 Å². The first-order chi connectivity index (χ1) is 9.65. The average Bonchev–Trinajstić information content (AvgIpc) is 2.98. The van der Waals surface area contributed by atoms with Crippen LogP contribution in [0.4, 0.5) is 5.69 Å². The lowest BCUT2D eigenvalue weighted by molar-refractivity contribution is 0.112. The number of nitriles is 1. The number of aldehydes is 1. The summed E-state index contributed by atoms with van der Waals surface area (Å²) in [5, 5.41) is 9.37. The number of carbonyl (C=O) groups is 1. The Balaban J connectivity index is 2.37. The normalized spacial score (nSPS) is 15.3. The van der Waals surface area contributed by atoms with Crippen LogP contribution < -0.4 is 4.90 Å². The summed E-state index contributed by atoms with van der Waals surface area (Å²) < 4.78 is 0. The van der Waals surface area contributed by atoms with Crippen molar-refractivity contribution < 1.29 is 4.79 Å². The molecule has 0 aromatic heterocycles. The zero-order chi connectivity index (χ0) is 14.5. The van der Waals surface area contributed by atoms with Crippen LogP contribution >= 0.6 is 0 Å². The van der Waals surface area contributed by atoms with Gasteiger partial charge in [0, 0.05) is 18.2 Å². The molecule has 0 radical (unpaired) electrons. The zero-order valence-corrected chi connectivity index (χ0v) is 12.3. The molecule has 0 bridgehead atoms. The van der Waals surface area contributed by atoms with Crippen LogP contribution in [0.25, 0.3) is 0 Å². The molecule has 1 fully saturated rings. The SMILES string of the molecule is CC(C)CN(c1ccc(C=O)cc1C#N)C1CCCC1. The molecule has 0 atom stereocenters. The lowest BCUT2D eigenvalue weighted by Crippen LogP contribution is -2.36. The largest absolute Gasteiger partial charge is 0.367 e. The molecule has 1 aromatic rings. The first-order valence-electron chi connectivity index (χ1n) is 7.41. The number of rotatable bonds is 5. The smallest absolute Gasteiger partial charge is 0.150 e. The van der Waals surface area contributed by atoms with Gasteiger partial charge < -0.3 is 4.90 Å². The Morgan fingerprint density at radius 2 is 2.10 bits per heavy atom. The lowest BCUT2D eigenvalue weighted by atomic mass is 10.0. The topological polar surface area (TPSA) is 44.1 Å². The standard InChI is InChI=1S/C17H22N2O/c1-13(2)11-19(16-5-3-4-6-16)17-8-7-14(12-20)9-15(17)10-18/h7-9,12-13,16H,3-6,11H2,1-2H3. The van der Waals surface area contributed by atoms with Crippen LogP contribution in [0.15, 0.2) is 18.2 Å². The highest BCUT2D eigenvalue weighted by Crippen LogP contribution is 2.31. The Kier molecular flexibility index (Phi) is 4.79. The van der Waals surface area contributed by atoms with Crippen molar-refractivity contribution in [1.82, 2.24) is 0 Å². The van der Waals surface area contributed by atoms with Crippen LogP contribution in [-0.2, 0) is 0 Å². The van der Waals surface area contributed by atoms with E-state index in [4.69, 9.17) is 0 Å². The first kappa shape index (κ1) is 14.6. The van der Waals surface area contributed by atoms with Crippen molar-refractivity contribution in [2.75, 3.05) is 11.4 Å². The average molecular weight is 270 g/mol. The van der Waals surface area contributed by atoms with E-state index in [-0.39, 0.29) is 0 Å². The van der Waals surface area contributed by atoms with Gasteiger partial charge in [-0.1, -0.05) is 26.7 Å². The van der Waals surface area contributed by atoms with Crippen LogP contribution in [0.2, 0.25) is 0 Å². The summed E-state index contributed by atoms with van der Waals surface area (Å²) in [5.74, 6) is 0.549. The number of benzene rings is 1. The van der Waals surface area contributed by atoms with Crippen molar-refractivity contribution in [3.8, 4) is 6.07 Å². The molecule has 0 heterocycles. The molecule has 2 rings (SSSR count). The fraction of sp³-hybridized carbons (Fsp3) is 0.529. The Bertz CT molecular complexity index is 510. The Labute approximate surface area is 121 Å². The van der Waals surface area contributed by atoms with Crippen LogP contribution in [0.1, 0.15) is 55.5 Å². The molecular formula is C17H22N2O. The molecule has 1 saturated carbocycles. The minimum Gasteiger partial charge on any atom is -0.367 e.